The Kier molecular flexibility index (Phi) is 6.43. The Labute approximate surface area is 213 Å². The highest BCUT2D eigenvalue weighted by molar-refractivity contribution is 5.97. The zero-order valence-corrected chi connectivity index (χ0v) is 20.4. The Bertz CT molecular complexity index is 1450. The molecule has 1 fully saturated rings. The van der Waals surface area contributed by atoms with Gasteiger partial charge in [0.2, 0.25) is 5.91 Å². The predicted octanol–water partition coefficient (Wildman–Crippen LogP) is 5.72. The maximum absolute atomic E-state index is 13.2. The van der Waals surface area contributed by atoms with Crippen LogP contribution in [-0.4, -0.2) is 36.8 Å². The monoisotopic (exact) mass is 503 g/mol. The largest absolute Gasteiger partial charge is 0.506 e. The van der Waals surface area contributed by atoms with Gasteiger partial charge in [-0.3, -0.25) is 9.78 Å². The van der Waals surface area contributed by atoms with E-state index in [4.69, 9.17) is 14.2 Å². The van der Waals surface area contributed by atoms with Crippen LogP contribution in [0.2, 0.25) is 0 Å². The number of phenols is 1. The number of carbonyl (C=O) groups excluding carboxylic acids is 1. The third-order valence-corrected chi connectivity index (χ3v) is 6.46. The molecule has 1 aliphatic carbocycles. The third-order valence-electron chi connectivity index (χ3n) is 6.46. The van der Waals surface area contributed by atoms with Gasteiger partial charge in [-0.15, -0.1) is 0 Å². The number of benzene rings is 3. The van der Waals surface area contributed by atoms with Crippen LogP contribution in [-0.2, 0) is 4.79 Å². The highest BCUT2D eigenvalue weighted by atomic mass is 19.1. The van der Waals surface area contributed by atoms with Crippen molar-refractivity contribution in [2.45, 2.75) is 12.8 Å². The van der Waals surface area contributed by atoms with E-state index in [9.17, 15) is 14.3 Å². The molecule has 1 heterocycles. The molecule has 0 saturated heterocycles. The topological polar surface area (TPSA) is 102 Å². The van der Waals surface area contributed by atoms with Crippen molar-refractivity contribution in [1.82, 2.24) is 4.98 Å². The van der Waals surface area contributed by atoms with Gasteiger partial charge in [0.15, 0.2) is 11.5 Å². The van der Waals surface area contributed by atoms with Crippen molar-refractivity contribution in [2.75, 3.05) is 31.4 Å². The average molecular weight is 504 g/mol. The van der Waals surface area contributed by atoms with Gasteiger partial charge in [-0.05, 0) is 61.4 Å². The van der Waals surface area contributed by atoms with Crippen LogP contribution in [0.3, 0.4) is 0 Å². The lowest BCUT2D eigenvalue weighted by atomic mass is 10.1. The van der Waals surface area contributed by atoms with Gasteiger partial charge < -0.3 is 30.0 Å². The van der Waals surface area contributed by atoms with E-state index in [-0.39, 0.29) is 11.7 Å². The van der Waals surface area contributed by atoms with Crippen molar-refractivity contribution < 1.29 is 28.5 Å². The van der Waals surface area contributed by atoms with E-state index in [1.807, 2.05) is 6.07 Å². The van der Waals surface area contributed by atoms with Crippen LogP contribution in [0.25, 0.3) is 10.9 Å². The second-order valence-corrected chi connectivity index (χ2v) is 8.91. The summed E-state index contributed by atoms with van der Waals surface area (Å²) in [6.07, 6.45) is 3.10. The number of nitrogens with zero attached hydrogens (tertiary/aromatic N) is 1. The van der Waals surface area contributed by atoms with Gasteiger partial charge >= 0.3 is 0 Å². The second-order valence-electron chi connectivity index (χ2n) is 8.91. The number of halogens is 1. The molecule has 1 saturated carbocycles. The number of nitrogens with one attached hydrogen (secondary N) is 2. The molecule has 5 rings (SSSR count). The number of carbonyl (C=O) groups is 1. The molecule has 0 aliphatic heterocycles. The first-order valence-corrected chi connectivity index (χ1v) is 11.7. The van der Waals surface area contributed by atoms with E-state index in [1.54, 1.807) is 56.8 Å². The molecule has 1 aliphatic rings. The Morgan fingerprint density at radius 2 is 1.73 bits per heavy atom. The highest BCUT2D eigenvalue weighted by Crippen LogP contribution is 2.47. The normalized spacial score (nSPS) is 13.6. The zero-order chi connectivity index (χ0) is 26.0. The number of anilines is 2. The summed E-state index contributed by atoms with van der Waals surface area (Å²) in [4.78, 5) is 17.3. The zero-order valence-electron chi connectivity index (χ0n) is 20.4. The molecule has 0 unspecified atom stereocenters. The minimum absolute atomic E-state index is 0.114. The highest BCUT2D eigenvalue weighted by Gasteiger charge is 2.49. The average Bonchev–Trinajstić information content (AvgIpc) is 3.70. The van der Waals surface area contributed by atoms with Gasteiger partial charge in [0.05, 0.1) is 30.8 Å². The molecule has 0 bridgehead atoms. The van der Waals surface area contributed by atoms with Crippen LogP contribution in [0.5, 0.6) is 28.7 Å². The molecule has 37 heavy (non-hydrogen) atoms. The van der Waals surface area contributed by atoms with Crippen molar-refractivity contribution in [3.05, 3.63) is 72.7 Å². The van der Waals surface area contributed by atoms with Crippen LogP contribution in [0, 0.1) is 11.2 Å². The van der Waals surface area contributed by atoms with E-state index in [1.165, 1.54) is 12.1 Å². The minimum Gasteiger partial charge on any atom is -0.506 e. The first-order chi connectivity index (χ1) is 17.9. The number of aromatic nitrogens is 1. The molecular formula is C28H26FN3O5. The SMILES string of the molecule is COc1cc2nccc(Oc3ccc(NC(=O)C4(CNc5ccc(F)cc5O)CC4)cc3)c2cc1OC. The smallest absolute Gasteiger partial charge is 0.232 e. The molecule has 0 spiro atoms. The van der Waals surface area contributed by atoms with Crippen molar-refractivity contribution in [3.8, 4) is 28.7 Å². The Balaban J connectivity index is 1.25. The van der Waals surface area contributed by atoms with Crippen molar-refractivity contribution in [3.63, 3.8) is 0 Å². The molecule has 9 heteroatoms. The number of amides is 1. The number of hydrogen-bond donors (Lipinski definition) is 3. The fourth-order valence-corrected chi connectivity index (χ4v) is 4.09. The van der Waals surface area contributed by atoms with Crippen LogP contribution >= 0.6 is 0 Å². The number of methoxy groups -OCH3 is 2. The minimum atomic E-state index is -0.577. The Morgan fingerprint density at radius 1 is 1.00 bits per heavy atom. The number of fused-ring (bicyclic) bond motifs is 1. The fourth-order valence-electron chi connectivity index (χ4n) is 4.09. The number of hydrogen-bond acceptors (Lipinski definition) is 7. The van der Waals surface area contributed by atoms with Crippen molar-refractivity contribution in [2.24, 2.45) is 5.41 Å². The molecule has 0 radical (unpaired) electrons. The van der Waals surface area contributed by atoms with Gasteiger partial charge in [0.25, 0.3) is 0 Å². The summed E-state index contributed by atoms with van der Waals surface area (Å²) >= 11 is 0. The van der Waals surface area contributed by atoms with Crippen molar-refractivity contribution >= 4 is 28.2 Å². The predicted molar refractivity (Wildman–Crippen MR) is 138 cm³/mol. The quantitative estimate of drug-likeness (QED) is 0.251. The van der Waals surface area contributed by atoms with Gasteiger partial charge in [0, 0.05) is 35.9 Å². The Morgan fingerprint density at radius 3 is 2.41 bits per heavy atom. The van der Waals surface area contributed by atoms with Crippen LogP contribution < -0.4 is 24.8 Å². The van der Waals surface area contributed by atoms with Crippen molar-refractivity contribution in [1.29, 1.82) is 0 Å². The number of pyridine rings is 1. The summed E-state index contributed by atoms with van der Waals surface area (Å²) < 4.78 is 30.1. The maximum Gasteiger partial charge on any atom is 0.232 e. The molecular weight excluding hydrogens is 477 g/mol. The second kappa shape index (κ2) is 9.85. The first-order valence-electron chi connectivity index (χ1n) is 11.7. The third kappa shape index (κ3) is 5.06. The molecule has 1 aromatic heterocycles. The van der Waals surface area contributed by atoms with E-state index in [0.717, 1.165) is 24.3 Å². The lowest BCUT2D eigenvalue weighted by molar-refractivity contribution is -0.120. The summed E-state index contributed by atoms with van der Waals surface area (Å²) in [6.45, 7) is 0.336. The lowest BCUT2D eigenvalue weighted by Crippen LogP contribution is -2.30. The summed E-state index contributed by atoms with van der Waals surface area (Å²) in [5, 5.41) is 16.7. The van der Waals surface area contributed by atoms with Crippen LogP contribution in [0.4, 0.5) is 15.8 Å². The van der Waals surface area contributed by atoms with E-state index in [2.05, 4.69) is 15.6 Å². The van der Waals surface area contributed by atoms with Crippen LogP contribution in [0.1, 0.15) is 12.8 Å². The first kappa shape index (κ1) is 24.2. The van der Waals surface area contributed by atoms with E-state index < -0.39 is 11.2 Å². The number of rotatable bonds is 9. The molecule has 3 N–H and O–H groups in total. The van der Waals surface area contributed by atoms with Gasteiger partial charge in [0.1, 0.15) is 23.1 Å². The number of ether oxygens (including phenoxy) is 3. The Hall–Kier alpha value is -4.53. The molecule has 8 nitrogen and oxygen atoms in total. The van der Waals surface area contributed by atoms with Crippen LogP contribution in [0.15, 0.2) is 66.9 Å². The number of aromatic hydroxyl groups is 1. The molecule has 0 atom stereocenters. The molecule has 1 amide bonds. The van der Waals surface area contributed by atoms with Gasteiger partial charge in [-0.1, -0.05) is 0 Å². The molecule has 4 aromatic rings. The maximum atomic E-state index is 13.2. The molecule has 3 aromatic carbocycles. The number of phenolic OH excluding ortho intramolecular Hbond substituents is 1. The summed E-state index contributed by atoms with van der Waals surface area (Å²) in [6, 6.07) is 16.2. The summed E-state index contributed by atoms with van der Waals surface area (Å²) in [5.74, 6) is 1.53. The van der Waals surface area contributed by atoms with E-state index in [0.29, 0.717) is 46.4 Å². The summed E-state index contributed by atoms with van der Waals surface area (Å²) in [7, 11) is 3.14. The van der Waals surface area contributed by atoms with Gasteiger partial charge in [-0.2, -0.15) is 0 Å². The van der Waals surface area contributed by atoms with E-state index >= 15 is 0 Å². The lowest BCUT2D eigenvalue weighted by Gasteiger charge is -2.18. The standard InChI is InChI=1S/C28H26FN3O5/c1-35-25-14-20-22(15-26(25)36-2)30-12-9-24(20)37-19-6-4-18(5-7-19)32-27(34)28(10-11-28)16-31-21-8-3-17(29)13-23(21)33/h3-9,12-15,31,33H,10-11,16H2,1-2H3,(H,32,34). The van der Waals surface area contributed by atoms with Gasteiger partial charge in [-0.25, -0.2) is 4.39 Å². The fraction of sp³-hybridized carbons (Fsp3) is 0.214. The molecule has 190 valence electrons. The summed E-state index contributed by atoms with van der Waals surface area (Å²) in [5.41, 5.74) is 1.16.